The molecule has 0 aliphatic heterocycles. The normalized spacial score (nSPS) is 13.0. The van der Waals surface area contributed by atoms with Gasteiger partial charge in [-0.3, -0.25) is 0 Å². The van der Waals surface area contributed by atoms with Crippen LogP contribution in [-0.4, -0.2) is 26.3 Å². The van der Waals surface area contributed by atoms with Gasteiger partial charge in [0.05, 0.1) is 11.5 Å². The van der Waals surface area contributed by atoms with Crippen LogP contribution in [0, 0.1) is 0 Å². The van der Waals surface area contributed by atoms with Crippen LogP contribution in [0.25, 0.3) is 0 Å². The highest BCUT2D eigenvalue weighted by Crippen LogP contribution is 2.08. The predicted octanol–water partition coefficient (Wildman–Crippen LogP) is 1.18. The molecule has 1 rings (SSSR count). The lowest BCUT2D eigenvalue weighted by Crippen LogP contribution is -2.24. The molecule has 0 atom stereocenters. The summed E-state index contributed by atoms with van der Waals surface area (Å²) in [5, 5.41) is 2.80. The topological polar surface area (TPSA) is 72.5 Å². The maximum Gasteiger partial charge on any atom is 0.279 e. The molecule has 0 aliphatic carbocycles. The summed E-state index contributed by atoms with van der Waals surface area (Å²) in [6, 6.07) is 8.31. The Morgan fingerprint density at radius 1 is 1.29 bits per heavy atom. The number of nitrogens with zero attached hydrogens (tertiary/aromatic N) is 1. The van der Waals surface area contributed by atoms with Gasteiger partial charge in [-0.05, 0) is 5.56 Å². The minimum Gasteiger partial charge on any atom is -0.323 e. The molecule has 2 N–H and O–H groups in total. The minimum absolute atomic E-state index is 0.306. The molecule has 17 heavy (non-hydrogen) atoms. The van der Waals surface area contributed by atoms with Crippen molar-refractivity contribution in [2.45, 2.75) is 12.2 Å². The lowest BCUT2D eigenvalue weighted by atomic mass is 10.2. The van der Waals surface area contributed by atoms with Crippen molar-refractivity contribution in [1.29, 1.82) is 0 Å². The summed E-state index contributed by atoms with van der Waals surface area (Å²) in [4.78, 5) is 0. The van der Waals surface area contributed by atoms with E-state index < -0.39 is 27.7 Å². The highest BCUT2D eigenvalue weighted by Gasteiger charge is 2.22. The second kappa shape index (κ2) is 5.72. The van der Waals surface area contributed by atoms with Crippen LogP contribution in [0.15, 0.2) is 35.4 Å². The molecule has 0 saturated carbocycles. The summed E-state index contributed by atoms with van der Waals surface area (Å²) in [5.41, 5.74) is -0.279. The maximum atomic E-state index is 12.3. The van der Waals surface area contributed by atoms with Gasteiger partial charge in [-0.25, -0.2) is 17.2 Å². The largest absolute Gasteiger partial charge is 0.323 e. The summed E-state index contributed by atoms with van der Waals surface area (Å²) in [6.07, 6.45) is -2.95. The fraction of sp³-hybridized carbons (Fsp3) is 0.300. The average molecular weight is 262 g/mol. The number of hydrogen-bond donors (Lipinski definition) is 1. The molecule has 0 saturated heterocycles. The molecule has 0 aliphatic rings. The van der Waals surface area contributed by atoms with Gasteiger partial charge in [0.2, 0.25) is 0 Å². The number of nitrogens with two attached hydrogens (primary N) is 1. The van der Waals surface area contributed by atoms with Crippen LogP contribution >= 0.6 is 0 Å². The standard InChI is InChI=1S/C10H12F2N2O2S/c11-10(12)9(14-13)7-17(15,16)6-8-4-2-1-3-5-8/h1-5,10H,6-7,13H2. The zero-order valence-corrected chi connectivity index (χ0v) is 9.70. The lowest BCUT2D eigenvalue weighted by molar-refractivity contribution is 0.224. The first-order valence-corrected chi connectivity index (χ1v) is 6.56. The second-order valence-corrected chi connectivity index (χ2v) is 5.50. The average Bonchev–Trinajstić information content (AvgIpc) is 2.26. The van der Waals surface area contributed by atoms with Crippen molar-refractivity contribution in [3.05, 3.63) is 35.9 Å². The predicted molar refractivity (Wildman–Crippen MR) is 61.6 cm³/mol. The van der Waals surface area contributed by atoms with Gasteiger partial charge in [0.15, 0.2) is 9.84 Å². The van der Waals surface area contributed by atoms with E-state index in [-0.39, 0.29) is 5.75 Å². The molecule has 0 spiro atoms. The molecule has 1 aromatic rings. The number of benzene rings is 1. The Morgan fingerprint density at radius 3 is 2.35 bits per heavy atom. The molecule has 0 bridgehead atoms. The van der Waals surface area contributed by atoms with E-state index in [9.17, 15) is 17.2 Å². The van der Waals surface area contributed by atoms with Gasteiger partial charge < -0.3 is 5.84 Å². The first-order valence-electron chi connectivity index (χ1n) is 4.74. The summed E-state index contributed by atoms with van der Waals surface area (Å²) in [5.74, 6) is 3.59. The van der Waals surface area contributed by atoms with Crippen molar-refractivity contribution in [3.63, 3.8) is 0 Å². The van der Waals surface area contributed by atoms with Crippen molar-refractivity contribution in [1.82, 2.24) is 0 Å². The fourth-order valence-corrected chi connectivity index (χ4v) is 2.71. The van der Waals surface area contributed by atoms with Crippen molar-refractivity contribution >= 4 is 15.5 Å². The molecular weight excluding hydrogens is 250 g/mol. The molecule has 0 radical (unpaired) electrons. The fourth-order valence-electron chi connectivity index (χ4n) is 1.26. The van der Waals surface area contributed by atoms with E-state index in [0.29, 0.717) is 5.56 Å². The Bertz CT molecular complexity index is 486. The molecule has 1 aromatic carbocycles. The molecular formula is C10H12F2N2O2S. The maximum absolute atomic E-state index is 12.3. The van der Waals surface area contributed by atoms with Gasteiger partial charge in [0.1, 0.15) is 5.71 Å². The van der Waals surface area contributed by atoms with Crippen molar-refractivity contribution < 1.29 is 17.2 Å². The van der Waals surface area contributed by atoms with Gasteiger partial charge in [-0.1, -0.05) is 30.3 Å². The minimum atomic E-state index is -3.68. The van der Waals surface area contributed by atoms with Crippen molar-refractivity contribution in [2.75, 3.05) is 5.75 Å². The van der Waals surface area contributed by atoms with Crippen molar-refractivity contribution in [3.8, 4) is 0 Å². The number of hydrazone groups is 1. The number of halogens is 2. The molecule has 7 heteroatoms. The monoisotopic (exact) mass is 262 g/mol. The van der Waals surface area contributed by atoms with Gasteiger partial charge in [-0.15, -0.1) is 0 Å². The van der Waals surface area contributed by atoms with E-state index in [0.717, 1.165) is 0 Å². The third-order valence-corrected chi connectivity index (χ3v) is 3.52. The first kappa shape index (κ1) is 13.6. The molecule has 0 heterocycles. The Morgan fingerprint density at radius 2 is 1.88 bits per heavy atom. The quantitative estimate of drug-likeness (QED) is 0.492. The lowest BCUT2D eigenvalue weighted by Gasteiger charge is -2.06. The van der Waals surface area contributed by atoms with Gasteiger partial charge >= 0.3 is 0 Å². The summed E-state index contributed by atoms with van der Waals surface area (Å²) in [6.45, 7) is 0. The Balaban J connectivity index is 2.77. The number of alkyl halides is 2. The van der Waals surface area contributed by atoms with Crippen LogP contribution in [0.2, 0.25) is 0 Å². The van der Waals surface area contributed by atoms with E-state index in [2.05, 4.69) is 5.10 Å². The molecule has 4 nitrogen and oxygen atoms in total. The Hall–Kier alpha value is -1.50. The summed E-state index contributed by atoms with van der Waals surface area (Å²) < 4.78 is 47.8. The summed E-state index contributed by atoms with van der Waals surface area (Å²) in [7, 11) is -3.68. The highest BCUT2D eigenvalue weighted by molar-refractivity contribution is 7.91. The summed E-state index contributed by atoms with van der Waals surface area (Å²) >= 11 is 0. The van der Waals surface area contributed by atoms with E-state index >= 15 is 0 Å². The SMILES string of the molecule is NN=C(CS(=O)(=O)Cc1ccccc1)C(F)F. The smallest absolute Gasteiger partial charge is 0.279 e. The highest BCUT2D eigenvalue weighted by atomic mass is 32.2. The number of hydrogen-bond acceptors (Lipinski definition) is 4. The Labute approximate surface area is 98.1 Å². The van der Waals surface area contributed by atoms with Crippen molar-refractivity contribution in [2.24, 2.45) is 10.9 Å². The molecule has 0 unspecified atom stereocenters. The zero-order chi connectivity index (χ0) is 12.9. The second-order valence-electron chi connectivity index (χ2n) is 3.44. The van der Waals surface area contributed by atoms with Crippen LogP contribution < -0.4 is 5.84 Å². The Kier molecular flexibility index (Phi) is 4.56. The van der Waals surface area contributed by atoms with E-state index in [1.54, 1.807) is 30.3 Å². The number of sulfone groups is 1. The van der Waals surface area contributed by atoms with Gasteiger partial charge in [0, 0.05) is 0 Å². The van der Waals surface area contributed by atoms with E-state index in [1.165, 1.54) is 0 Å². The first-order chi connectivity index (χ1) is 7.94. The number of rotatable bonds is 5. The third-order valence-electron chi connectivity index (χ3n) is 2.01. The van der Waals surface area contributed by atoms with E-state index in [4.69, 9.17) is 5.84 Å². The van der Waals surface area contributed by atoms with Crippen LogP contribution in [0.1, 0.15) is 5.56 Å². The van der Waals surface area contributed by atoms with Crippen LogP contribution in [0.3, 0.4) is 0 Å². The van der Waals surface area contributed by atoms with Crippen LogP contribution in [0.4, 0.5) is 8.78 Å². The molecule has 0 fully saturated rings. The molecule has 0 amide bonds. The van der Waals surface area contributed by atoms with Gasteiger partial charge in [-0.2, -0.15) is 5.10 Å². The molecule has 0 aromatic heterocycles. The van der Waals surface area contributed by atoms with Crippen LogP contribution in [0.5, 0.6) is 0 Å². The van der Waals surface area contributed by atoms with Gasteiger partial charge in [0.25, 0.3) is 6.43 Å². The zero-order valence-electron chi connectivity index (χ0n) is 8.88. The molecule has 94 valence electrons. The van der Waals surface area contributed by atoms with Crippen LogP contribution in [-0.2, 0) is 15.6 Å². The van der Waals surface area contributed by atoms with E-state index in [1.807, 2.05) is 0 Å². The third kappa shape index (κ3) is 4.48.